The molecule has 0 aliphatic carbocycles. The van der Waals surface area contributed by atoms with Gasteiger partial charge >= 0.3 is 0 Å². The van der Waals surface area contributed by atoms with Crippen LogP contribution in [0.3, 0.4) is 0 Å². The number of aliphatic imine (C=N–C) groups is 1. The van der Waals surface area contributed by atoms with E-state index in [-0.39, 0.29) is 5.82 Å². The first-order valence-electron chi connectivity index (χ1n) is 7.48. The maximum Gasteiger partial charge on any atom is 0.191 e. The van der Waals surface area contributed by atoms with E-state index in [1.165, 1.54) is 6.07 Å². The molecular formula is C16H26FN3OS. The highest BCUT2D eigenvalue weighted by atomic mass is 32.2. The molecule has 1 aromatic carbocycles. The Morgan fingerprint density at radius 3 is 2.82 bits per heavy atom. The number of nitrogens with zero attached hydrogens (tertiary/aromatic N) is 1. The Morgan fingerprint density at radius 1 is 1.32 bits per heavy atom. The van der Waals surface area contributed by atoms with Crippen LogP contribution in [-0.4, -0.2) is 39.0 Å². The Hall–Kier alpha value is -1.27. The lowest BCUT2D eigenvalue weighted by Gasteiger charge is -2.12. The summed E-state index contributed by atoms with van der Waals surface area (Å²) in [5.74, 6) is 1.37. The molecular weight excluding hydrogens is 301 g/mol. The molecule has 124 valence electrons. The first-order valence-corrected chi connectivity index (χ1v) is 8.88. The van der Waals surface area contributed by atoms with Crippen molar-refractivity contribution < 1.29 is 9.13 Å². The quantitative estimate of drug-likeness (QED) is 0.416. The van der Waals surface area contributed by atoms with E-state index >= 15 is 0 Å². The number of halogens is 1. The van der Waals surface area contributed by atoms with E-state index in [9.17, 15) is 4.39 Å². The van der Waals surface area contributed by atoms with Gasteiger partial charge in [0.05, 0.1) is 6.54 Å². The number of benzene rings is 1. The minimum atomic E-state index is -0.193. The van der Waals surface area contributed by atoms with Crippen LogP contribution in [0.4, 0.5) is 4.39 Å². The van der Waals surface area contributed by atoms with Crippen molar-refractivity contribution in [3.8, 4) is 0 Å². The molecule has 0 atom stereocenters. The first-order chi connectivity index (χ1) is 10.7. The smallest absolute Gasteiger partial charge is 0.191 e. The van der Waals surface area contributed by atoms with E-state index in [1.807, 2.05) is 19.2 Å². The van der Waals surface area contributed by atoms with E-state index in [0.29, 0.717) is 6.54 Å². The zero-order valence-corrected chi connectivity index (χ0v) is 14.4. The molecule has 2 N–H and O–H groups in total. The third-order valence-corrected chi connectivity index (χ3v) is 3.64. The summed E-state index contributed by atoms with van der Waals surface area (Å²) >= 11 is 1.68. The maximum absolute atomic E-state index is 13.3. The fraction of sp³-hybridized carbons (Fsp3) is 0.562. The molecule has 0 radical (unpaired) electrons. The third kappa shape index (κ3) is 7.13. The van der Waals surface area contributed by atoms with Gasteiger partial charge in [-0.15, -0.1) is 0 Å². The number of hydrogen-bond acceptors (Lipinski definition) is 3. The molecule has 4 nitrogen and oxygen atoms in total. The van der Waals surface area contributed by atoms with Crippen molar-refractivity contribution in [1.29, 1.82) is 0 Å². The average molecular weight is 327 g/mol. The average Bonchev–Trinajstić information content (AvgIpc) is 2.51. The minimum absolute atomic E-state index is 0.193. The number of thioether (sulfide) groups is 1. The van der Waals surface area contributed by atoms with Gasteiger partial charge in [-0.3, -0.25) is 0 Å². The number of nitrogens with one attached hydrogen (secondary N) is 2. The van der Waals surface area contributed by atoms with Crippen LogP contribution >= 0.6 is 11.8 Å². The molecule has 0 heterocycles. The molecule has 22 heavy (non-hydrogen) atoms. The minimum Gasteiger partial charge on any atom is -0.385 e. The highest BCUT2D eigenvalue weighted by Crippen LogP contribution is 2.17. The molecule has 0 amide bonds. The monoisotopic (exact) mass is 327 g/mol. The summed E-state index contributed by atoms with van der Waals surface area (Å²) in [6.45, 7) is 4.90. The highest BCUT2D eigenvalue weighted by Gasteiger charge is 2.04. The van der Waals surface area contributed by atoms with Gasteiger partial charge in [-0.25, -0.2) is 9.38 Å². The zero-order chi connectivity index (χ0) is 16.2. The van der Waals surface area contributed by atoms with Crippen LogP contribution < -0.4 is 10.6 Å². The summed E-state index contributed by atoms with van der Waals surface area (Å²) in [5, 5.41) is 6.48. The lowest BCUT2D eigenvalue weighted by atomic mass is 10.1. The molecule has 0 unspecified atom stereocenters. The Labute approximate surface area is 136 Å². The molecule has 6 heteroatoms. The van der Waals surface area contributed by atoms with Crippen molar-refractivity contribution in [3.63, 3.8) is 0 Å². The van der Waals surface area contributed by atoms with Crippen LogP contribution in [0.2, 0.25) is 0 Å². The molecule has 1 rings (SSSR count). The molecule has 0 bridgehead atoms. The molecule has 0 aliphatic rings. The Kier molecular flexibility index (Phi) is 9.66. The van der Waals surface area contributed by atoms with E-state index < -0.39 is 0 Å². The normalized spacial score (nSPS) is 11.5. The van der Waals surface area contributed by atoms with Gasteiger partial charge in [0.1, 0.15) is 5.82 Å². The fourth-order valence-electron chi connectivity index (χ4n) is 1.97. The van der Waals surface area contributed by atoms with Crippen LogP contribution in [0.5, 0.6) is 0 Å². The molecule has 0 fully saturated rings. The van der Waals surface area contributed by atoms with Crippen LogP contribution in [0.25, 0.3) is 0 Å². The van der Waals surface area contributed by atoms with Crippen LogP contribution in [0.15, 0.2) is 23.2 Å². The largest absolute Gasteiger partial charge is 0.385 e. The van der Waals surface area contributed by atoms with Crippen molar-refractivity contribution in [1.82, 2.24) is 10.6 Å². The van der Waals surface area contributed by atoms with E-state index in [1.54, 1.807) is 24.9 Å². The molecule has 1 aromatic rings. The number of rotatable bonds is 9. The molecule has 0 saturated carbocycles. The molecule has 0 aromatic heterocycles. The lowest BCUT2D eigenvalue weighted by molar-refractivity contribution is 0.195. The van der Waals surface area contributed by atoms with Crippen molar-refractivity contribution in [3.05, 3.63) is 35.1 Å². The Bertz CT molecular complexity index is 469. The number of guanidine groups is 1. The van der Waals surface area contributed by atoms with Crippen LogP contribution in [0, 0.1) is 5.82 Å². The fourth-order valence-corrected chi connectivity index (χ4v) is 2.55. The second kappa shape index (κ2) is 11.3. The van der Waals surface area contributed by atoms with Gasteiger partial charge in [0.15, 0.2) is 5.96 Å². The summed E-state index contributed by atoms with van der Waals surface area (Å²) in [4.78, 5) is 4.58. The van der Waals surface area contributed by atoms with Gasteiger partial charge in [0.2, 0.25) is 0 Å². The zero-order valence-electron chi connectivity index (χ0n) is 13.6. The van der Waals surface area contributed by atoms with Crippen LogP contribution in [0.1, 0.15) is 24.5 Å². The van der Waals surface area contributed by atoms with Crippen LogP contribution in [-0.2, 0) is 17.0 Å². The second-order valence-electron chi connectivity index (χ2n) is 4.81. The third-order valence-electron chi connectivity index (χ3n) is 3.04. The van der Waals surface area contributed by atoms with Gasteiger partial charge < -0.3 is 15.4 Å². The van der Waals surface area contributed by atoms with Crippen molar-refractivity contribution in [2.24, 2.45) is 4.99 Å². The predicted molar refractivity (Wildman–Crippen MR) is 92.9 cm³/mol. The SMILES string of the molecule is CCNC(=NCc1ccc(F)cc1CSC)NCCCOC. The van der Waals surface area contributed by atoms with Gasteiger partial charge in [-0.05, 0) is 42.9 Å². The van der Waals surface area contributed by atoms with Crippen molar-refractivity contribution in [2.75, 3.05) is 33.1 Å². The van der Waals surface area contributed by atoms with Gasteiger partial charge in [0.25, 0.3) is 0 Å². The maximum atomic E-state index is 13.3. The standard InChI is InChI=1S/C16H26FN3OS/c1-4-18-16(19-8-5-9-21-2)20-11-13-6-7-15(17)10-14(13)12-22-3/h6-7,10H,4-5,8-9,11-12H2,1-3H3,(H2,18,19,20). The van der Waals surface area contributed by atoms with Gasteiger partial charge in [-0.2, -0.15) is 11.8 Å². The Morgan fingerprint density at radius 2 is 2.14 bits per heavy atom. The van der Waals surface area contributed by atoms with E-state index in [4.69, 9.17) is 4.74 Å². The second-order valence-corrected chi connectivity index (χ2v) is 5.68. The number of methoxy groups -OCH3 is 1. The lowest BCUT2D eigenvalue weighted by Crippen LogP contribution is -2.38. The van der Waals surface area contributed by atoms with Gasteiger partial charge in [0, 0.05) is 32.6 Å². The topological polar surface area (TPSA) is 45.7 Å². The summed E-state index contributed by atoms with van der Waals surface area (Å²) in [5.41, 5.74) is 2.07. The summed E-state index contributed by atoms with van der Waals surface area (Å²) < 4.78 is 18.4. The van der Waals surface area contributed by atoms with E-state index in [0.717, 1.165) is 49.0 Å². The molecule has 0 saturated heterocycles. The number of hydrogen-bond donors (Lipinski definition) is 2. The number of ether oxygens (including phenoxy) is 1. The van der Waals surface area contributed by atoms with Crippen molar-refractivity contribution in [2.45, 2.75) is 25.6 Å². The summed E-state index contributed by atoms with van der Waals surface area (Å²) in [7, 11) is 1.70. The first kappa shape index (κ1) is 18.8. The van der Waals surface area contributed by atoms with Crippen molar-refractivity contribution >= 4 is 17.7 Å². The summed E-state index contributed by atoms with van der Waals surface area (Å²) in [6, 6.07) is 4.91. The molecule has 0 spiro atoms. The predicted octanol–water partition coefficient (Wildman–Crippen LogP) is 2.78. The van der Waals surface area contributed by atoms with Gasteiger partial charge in [-0.1, -0.05) is 6.07 Å². The van der Waals surface area contributed by atoms with E-state index in [2.05, 4.69) is 15.6 Å². The Balaban J connectivity index is 2.68. The highest BCUT2D eigenvalue weighted by molar-refractivity contribution is 7.97. The molecule has 0 aliphatic heterocycles. The summed E-state index contributed by atoms with van der Waals surface area (Å²) in [6.07, 6.45) is 2.94.